The molecule has 1 rings (SSSR count). The number of hydrogen-bond acceptors (Lipinski definition) is 2. The van der Waals surface area contributed by atoms with Crippen molar-refractivity contribution in [1.29, 1.82) is 0 Å². The Morgan fingerprint density at radius 1 is 1.54 bits per heavy atom. The van der Waals surface area contributed by atoms with Gasteiger partial charge in [0, 0.05) is 6.54 Å². The first-order valence-electron chi connectivity index (χ1n) is 4.13. The van der Waals surface area contributed by atoms with Gasteiger partial charge >= 0.3 is 0 Å². The van der Waals surface area contributed by atoms with Crippen molar-refractivity contribution < 1.29 is 4.74 Å². The smallest absolute Gasteiger partial charge is 0.133 e. The first-order valence-corrected chi connectivity index (χ1v) is 4.92. The van der Waals surface area contributed by atoms with E-state index >= 15 is 0 Å². The fourth-order valence-electron chi connectivity index (χ4n) is 0.851. The van der Waals surface area contributed by atoms with Crippen molar-refractivity contribution in [2.45, 2.75) is 0 Å². The summed E-state index contributed by atoms with van der Waals surface area (Å²) >= 11 is 3.39. The summed E-state index contributed by atoms with van der Waals surface area (Å²) in [6.45, 7) is 1.63. The molecule has 71 valence electrons. The van der Waals surface area contributed by atoms with Gasteiger partial charge in [-0.15, -0.1) is 0 Å². The highest BCUT2D eigenvalue weighted by Gasteiger charge is 1.98. The Morgan fingerprint density at radius 3 is 2.92 bits per heavy atom. The molecule has 13 heavy (non-hydrogen) atoms. The lowest BCUT2D eigenvalue weighted by molar-refractivity contribution is 0.260. The average Bonchev–Trinajstić information content (AvgIpc) is 2.08. The monoisotopic (exact) mass is 242 g/mol. The summed E-state index contributed by atoms with van der Waals surface area (Å²) < 4.78 is 6.49. The van der Waals surface area contributed by atoms with E-state index in [4.69, 9.17) is 4.74 Å². The van der Waals surface area contributed by atoms with Gasteiger partial charge in [0.05, 0.1) is 4.47 Å². The lowest BCUT2D eigenvalue weighted by atomic mass is 10.3. The second kappa shape index (κ2) is 5.25. The molecule has 1 radical (unpaired) electrons. The normalized spacial score (nSPS) is 10.5. The summed E-state index contributed by atoms with van der Waals surface area (Å²) in [6, 6.07) is 8.56. The Morgan fingerprint density at radius 2 is 2.31 bits per heavy atom. The summed E-state index contributed by atoms with van der Waals surface area (Å²) in [5.41, 5.74) is 0. The zero-order valence-corrected chi connectivity index (χ0v) is 9.47. The summed E-state index contributed by atoms with van der Waals surface area (Å²) in [6.07, 6.45) is 0. The number of nitrogens with zero attached hydrogens (tertiary/aromatic N) is 1. The maximum absolute atomic E-state index is 5.54. The molecule has 0 unspecified atom stereocenters. The van der Waals surface area contributed by atoms with Gasteiger partial charge in [0.25, 0.3) is 0 Å². The van der Waals surface area contributed by atoms with Crippen LogP contribution in [0.1, 0.15) is 0 Å². The second-order valence-corrected chi connectivity index (χ2v) is 3.86. The van der Waals surface area contributed by atoms with Gasteiger partial charge in [-0.05, 0) is 48.2 Å². The molecule has 0 spiro atoms. The van der Waals surface area contributed by atoms with Gasteiger partial charge in [0.2, 0.25) is 0 Å². The van der Waals surface area contributed by atoms with E-state index < -0.39 is 0 Å². The van der Waals surface area contributed by atoms with Crippen LogP contribution in [0.4, 0.5) is 0 Å². The van der Waals surface area contributed by atoms with Gasteiger partial charge in [-0.1, -0.05) is 6.07 Å². The van der Waals surface area contributed by atoms with Crippen molar-refractivity contribution >= 4 is 15.9 Å². The zero-order valence-electron chi connectivity index (χ0n) is 7.88. The molecule has 0 aliphatic rings. The minimum Gasteiger partial charge on any atom is -0.491 e. The maximum Gasteiger partial charge on any atom is 0.133 e. The molecule has 0 atom stereocenters. The highest BCUT2D eigenvalue weighted by Crippen LogP contribution is 2.23. The molecular formula is C10H13BrNO. The van der Waals surface area contributed by atoms with Crippen LogP contribution in [0.2, 0.25) is 0 Å². The number of halogens is 1. The molecular weight excluding hydrogens is 230 g/mol. The third-order valence-corrected chi connectivity index (χ3v) is 2.19. The third kappa shape index (κ3) is 3.79. The zero-order chi connectivity index (χ0) is 9.68. The van der Waals surface area contributed by atoms with Crippen molar-refractivity contribution in [2.24, 2.45) is 0 Å². The Bertz CT molecular complexity index is 263. The van der Waals surface area contributed by atoms with Crippen molar-refractivity contribution in [3.05, 3.63) is 28.7 Å². The molecule has 0 bridgehead atoms. The molecule has 3 heteroatoms. The molecule has 0 amide bonds. The van der Waals surface area contributed by atoms with Crippen LogP contribution in [0.3, 0.4) is 0 Å². The van der Waals surface area contributed by atoms with E-state index in [9.17, 15) is 0 Å². The summed E-state index contributed by atoms with van der Waals surface area (Å²) in [5.74, 6) is 0.876. The van der Waals surface area contributed by atoms with Crippen LogP contribution in [0.15, 0.2) is 22.7 Å². The molecule has 2 nitrogen and oxygen atoms in total. The van der Waals surface area contributed by atoms with Crippen LogP contribution in [0.5, 0.6) is 5.75 Å². The minimum atomic E-state index is 0.704. The van der Waals surface area contributed by atoms with Gasteiger partial charge < -0.3 is 9.64 Å². The molecule has 0 fully saturated rings. The van der Waals surface area contributed by atoms with E-state index in [0.29, 0.717) is 6.61 Å². The van der Waals surface area contributed by atoms with E-state index in [2.05, 4.69) is 26.9 Å². The standard InChI is InChI=1S/C10H13BrNO/c1-12(2)7-8-13-10-6-4-3-5-9(10)11/h4-6H,7-8H2,1-2H3. The highest BCUT2D eigenvalue weighted by atomic mass is 79.9. The lowest BCUT2D eigenvalue weighted by Gasteiger charge is -2.11. The van der Waals surface area contributed by atoms with E-state index in [0.717, 1.165) is 16.8 Å². The largest absolute Gasteiger partial charge is 0.491 e. The Hall–Kier alpha value is -0.540. The van der Waals surface area contributed by atoms with E-state index in [-0.39, 0.29) is 0 Å². The Balaban J connectivity index is 2.41. The molecule has 0 aliphatic heterocycles. The van der Waals surface area contributed by atoms with Gasteiger partial charge in [-0.2, -0.15) is 0 Å². The SMILES string of the molecule is CN(C)CCOc1cc[c]cc1Br. The van der Waals surface area contributed by atoms with Crippen LogP contribution in [0, 0.1) is 6.07 Å². The lowest BCUT2D eigenvalue weighted by Crippen LogP contribution is -2.19. The predicted octanol–water partition coefficient (Wildman–Crippen LogP) is 2.19. The van der Waals surface area contributed by atoms with Gasteiger partial charge in [0.15, 0.2) is 0 Å². The van der Waals surface area contributed by atoms with Crippen LogP contribution in [0.25, 0.3) is 0 Å². The topological polar surface area (TPSA) is 12.5 Å². The average molecular weight is 243 g/mol. The van der Waals surface area contributed by atoms with Crippen LogP contribution in [-0.2, 0) is 0 Å². The van der Waals surface area contributed by atoms with Crippen molar-refractivity contribution in [3.8, 4) is 5.75 Å². The third-order valence-electron chi connectivity index (χ3n) is 1.57. The molecule has 0 aliphatic carbocycles. The van der Waals surface area contributed by atoms with Crippen molar-refractivity contribution in [2.75, 3.05) is 27.2 Å². The summed E-state index contributed by atoms with van der Waals surface area (Å²) in [7, 11) is 4.05. The van der Waals surface area contributed by atoms with Crippen LogP contribution >= 0.6 is 15.9 Å². The Labute approximate surface area is 87.6 Å². The Kier molecular flexibility index (Phi) is 4.25. The van der Waals surface area contributed by atoms with E-state index in [1.807, 2.05) is 32.3 Å². The first-order chi connectivity index (χ1) is 6.20. The number of hydrogen-bond donors (Lipinski definition) is 0. The van der Waals surface area contributed by atoms with Gasteiger partial charge in [-0.3, -0.25) is 0 Å². The maximum atomic E-state index is 5.54. The predicted molar refractivity (Wildman–Crippen MR) is 57.0 cm³/mol. The molecule has 1 aromatic rings. The molecule has 0 saturated heterocycles. The fraction of sp³-hybridized carbons (Fsp3) is 0.400. The van der Waals surface area contributed by atoms with Crippen molar-refractivity contribution in [1.82, 2.24) is 4.90 Å². The molecule has 0 saturated carbocycles. The van der Waals surface area contributed by atoms with Gasteiger partial charge in [0.1, 0.15) is 12.4 Å². The number of ether oxygens (including phenoxy) is 1. The summed E-state index contributed by atoms with van der Waals surface area (Å²) in [5, 5.41) is 0. The number of benzene rings is 1. The van der Waals surface area contributed by atoms with Gasteiger partial charge in [-0.25, -0.2) is 0 Å². The molecule has 1 aromatic carbocycles. The summed E-state index contributed by atoms with van der Waals surface area (Å²) in [4.78, 5) is 2.09. The van der Waals surface area contributed by atoms with Crippen LogP contribution < -0.4 is 4.74 Å². The van der Waals surface area contributed by atoms with Crippen LogP contribution in [-0.4, -0.2) is 32.1 Å². The second-order valence-electron chi connectivity index (χ2n) is 3.01. The first kappa shape index (κ1) is 10.5. The van der Waals surface area contributed by atoms with E-state index in [1.54, 1.807) is 0 Å². The fourth-order valence-corrected chi connectivity index (χ4v) is 1.23. The quantitative estimate of drug-likeness (QED) is 0.803. The highest BCUT2D eigenvalue weighted by molar-refractivity contribution is 9.10. The molecule has 0 heterocycles. The van der Waals surface area contributed by atoms with E-state index in [1.165, 1.54) is 0 Å². The minimum absolute atomic E-state index is 0.704. The van der Waals surface area contributed by atoms with Crippen molar-refractivity contribution in [3.63, 3.8) is 0 Å². The number of rotatable bonds is 4. The molecule has 0 N–H and O–H groups in total. The molecule has 0 aromatic heterocycles. The number of likely N-dealkylation sites (N-methyl/N-ethyl adjacent to an activating group) is 1.